The van der Waals surface area contributed by atoms with Crippen LogP contribution in [0.4, 0.5) is 13.2 Å². The average Bonchev–Trinajstić information content (AvgIpc) is 3.25. The van der Waals surface area contributed by atoms with E-state index >= 15 is 0 Å². The molecule has 4 rings (SSSR count). The highest BCUT2D eigenvalue weighted by atomic mass is 32.1. The second kappa shape index (κ2) is 8.27. The van der Waals surface area contributed by atoms with E-state index in [2.05, 4.69) is 10.3 Å². The maximum atomic E-state index is 13.1. The topological polar surface area (TPSA) is 76.1 Å². The highest BCUT2D eigenvalue weighted by molar-refractivity contribution is 7.71. The Hall–Kier alpha value is -2.98. The van der Waals surface area contributed by atoms with Crippen molar-refractivity contribution >= 4 is 29.0 Å². The van der Waals surface area contributed by atoms with Crippen molar-refractivity contribution in [1.82, 2.24) is 14.9 Å². The third-order valence-corrected chi connectivity index (χ3v) is 5.39. The van der Waals surface area contributed by atoms with Gasteiger partial charge < -0.3 is 15.0 Å². The van der Waals surface area contributed by atoms with Crippen molar-refractivity contribution in [3.8, 4) is 5.69 Å². The van der Waals surface area contributed by atoms with Gasteiger partial charge in [0.15, 0.2) is 4.77 Å². The molecule has 162 valence electrons. The Morgan fingerprint density at radius 3 is 2.77 bits per heavy atom. The van der Waals surface area contributed by atoms with Crippen LogP contribution in [0.1, 0.15) is 28.8 Å². The number of hydrogen-bond donors (Lipinski definition) is 2. The van der Waals surface area contributed by atoms with Crippen LogP contribution in [0.5, 0.6) is 0 Å². The van der Waals surface area contributed by atoms with Crippen molar-refractivity contribution in [3.05, 3.63) is 68.7 Å². The molecule has 1 aliphatic rings. The number of ether oxygens (including phenoxy) is 1. The third kappa shape index (κ3) is 4.40. The fourth-order valence-corrected chi connectivity index (χ4v) is 3.83. The number of alkyl halides is 3. The molecule has 0 aliphatic carbocycles. The van der Waals surface area contributed by atoms with Crippen LogP contribution in [0.3, 0.4) is 0 Å². The van der Waals surface area contributed by atoms with Gasteiger partial charge in [-0.25, -0.2) is 0 Å². The number of carbonyl (C=O) groups is 1. The summed E-state index contributed by atoms with van der Waals surface area (Å²) in [4.78, 5) is 28.2. The van der Waals surface area contributed by atoms with Crippen LogP contribution in [0.25, 0.3) is 16.6 Å². The van der Waals surface area contributed by atoms with Crippen LogP contribution in [0.15, 0.2) is 47.3 Å². The van der Waals surface area contributed by atoms with Gasteiger partial charge in [0.2, 0.25) is 0 Å². The van der Waals surface area contributed by atoms with E-state index in [9.17, 15) is 22.8 Å². The van der Waals surface area contributed by atoms with E-state index in [-0.39, 0.29) is 27.9 Å². The molecule has 1 aliphatic heterocycles. The molecule has 0 saturated carbocycles. The fraction of sp³-hybridized carbons (Fsp3) is 0.286. The highest BCUT2D eigenvalue weighted by Crippen LogP contribution is 2.30. The van der Waals surface area contributed by atoms with Gasteiger partial charge in [0.05, 0.1) is 28.3 Å². The summed E-state index contributed by atoms with van der Waals surface area (Å²) in [6, 6.07) is 8.81. The van der Waals surface area contributed by atoms with E-state index in [1.165, 1.54) is 30.3 Å². The molecule has 1 aromatic heterocycles. The Bertz CT molecular complexity index is 1260. The molecule has 2 heterocycles. The summed E-state index contributed by atoms with van der Waals surface area (Å²) in [5, 5.41) is 2.99. The van der Waals surface area contributed by atoms with Crippen LogP contribution >= 0.6 is 12.2 Å². The van der Waals surface area contributed by atoms with Gasteiger partial charge in [-0.3, -0.25) is 14.2 Å². The van der Waals surface area contributed by atoms with Crippen molar-refractivity contribution in [3.63, 3.8) is 0 Å². The molecule has 10 heteroatoms. The quantitative estimate of drug-likeness (QED) is 0.591. The van der Waals surface area contributed by atoms with Crippen LogP contribution in [0, 0.1) is 4.77 Å². The summed E-state index contributed by atoms with van der Waals surface area (Å²) in [5.41, 5.74) is -0.814. The zero-order chi connectivity index (χ0) is 22.2. The minimum atomic E-state index is -4.55. The predicted octanol–water partition coefficient (Wildman–Crippen LogP) is 3.98. The molecular weight excluding hydrogens is 431 g/mol. The Labute approximate surface area is 179 Å². The Morgan fingerprint density at radius 1 is 1.26 bits per heavy atom. The normalized spacial score (nSPS) is 16.5. The molecular formula is C21H18F3N3O3S. The van der Waals surface area contributed by atoms with E-state index in [1.54, 1.807) is 0 Å². The first kappa shape index (κ1) is 21.3. The monoisotopic (exact) mass is 449 g/mol. The number of amides is 1. The van der Waals surface area contributed by atoms with E-state index in [4.69, 9.17) is 17.0 Å². The molecule has 0 spiro atoms. The minimum Gasteiger partial charge on any atom is -0.376 e. The molecule has 1 unspecified atom stereocenters. The fourth-order valence-electron chi connectivity index (χ4n) is 3.53. The molecule has 3 aromatic rings. The number of nitrogens with zero attached hydrogens (tertiary/aromatic N) is 1. The van der Waals surface area contributed by atoms with Gasteiger partial charge in [-0.2, -0.15) is 13.2 Å². The third-order valence-electron chi connectivity index (χ3n) is 5.11. The molecule has 0 bridgehead atoms. The van der Waals surface area contributed by atoms with Crippen molar-refractivity contribution < 1.29 is 22.7 Å². The largest absolute Gasteiger partial charge is 0.416 e. The second-order valence-electron chi connectivity index (χ2n) is 7.22. The molecule has 2 N–H and O–H groups in total. The molecule has 1 saturated heterocycles. The lowest BCUT2D eigenvalue weighted by molar-refractivity contribution is -0.137. The van der Waals surface area contributed by atoms with E-state index < -0.39 is 17.3 Å². The SMILES string of the molecule is O=C(NCC1CCCO1)c1ccc2c(=O)n(-c3cccc(C(F)(F)F)c3)c(=S)[nH]c2c1. The maximum Gasteiger partial charge on any atom is 0.416 e. The van der Waals surface area contributed by atoms with Crippen molar-refractivity contribution in [2.24, 2.45) is 0 Å². The molecule has 0 radical (unpaired) electrons. The van der Waals surface area contributed by atoms with Gasteiger partial charge in [0.1, 0.15) is 0 Å². The minimum absolute atomic E-state index is 0.00126. The van der Waals surface area contributed by atoms with Gasteiger partial charge in [-0.15, -0.1) is 0 Å². The van der Waals surface area contributed by atoms with Gasteiger partial charge in [0, 0.05) is 18.7 Å². The van der Waals surface area contributed by atoms with Crippen LogP contribution in [0.2, 0.25) is 0 Å². The number of H-pyrrole nitrogens is 1. The van der Waals surface area contributed by atoms with E-state index in [0.717, 1.165) is 29.5 Å². The maximum absolute atomic E-state index is 13.1. The summed E-state index contributed by atoms with van der Waals surface area (Å²) in [6.07, 6.45) is -2.70. The number of halogens is 3. The van der Waals surface area contributed by atoms with E-state index in [1.807, 2.05) is 0 Å². The number of rotatable bonds is 4. The van der Waals surface area contributed by atoms with Gasteiger partial charge in [0.25, 0.3) is 11.5 Å². The Kier molecular flexibility index (Phi) is 5.67. The summed E-state index contributed by atoms with van der Waals surface area (Å²) in [6.45, 7) is 1.08. The number of aromatic amines is 1. The van der Waals surface area contributed by atoms with Crippen molar-refractivity contribution in [2.45, 2.75) is 25.1 Å². The standard InChI is InChI=1S/C21H18F3N3O3S/c22-21(23,24)13-3-1-4-14(10-13)27-19(29)16-7-6-12(9-17(16)26-20(27)31)18(28)25-11-15-5-2-8-30-15/h1,3-4,6-7,9-10,15H,2,5,8,11H2,(H,25,28)(H,26,31). The molecule has 6 nitrogen and oxygen atoms in total. The van der Waals surface area contributed by atoms with E-state index in [0.29, 0.717) is 24.2 Å². The zero-order valence-electron chi connectivity index (χ0n) is 16.2. The van der Waals surface area contributed by atoms with Gasteiger partial charge in [-0.1, -0.05) is 6.07 Å². The number of nitrogens with one attached hydrogen (secondary N) is 2. The first-order valence-electron chi connectivity index (χ1n) is 9.60. The molecule has 31 heavy (non-hydrogen) atoms. The Balaban J connectivity index is 1.68. The first-order valence-corrected chi connectivity index (χ1v) is 10.0. The Morgan fingerprint density at radius 2 is 2.06 bits per heavy atom. The lowest BCUT2D eigenvalue weighted by Crippen LogP contribution is -2.31. The molecule has 2 aromatic carbocycles. The first-order chi connectivity index (χ1) is 14.7. The summed E-state index contributed by atoms with van der Waals surface area (Å²) in [7, 11) is 0. The highest BCUT2D eigenvalue weighted by Gasteiger charge is 2.30. The predicted molar refractivity (Wildman–Crippen MR) is 111 cm³/mol. The smallest absolute Gasteiger partial charge is 0.376 e. The number of carbonyl (C=O) groups excluding carboxylic acids is 1. The van der Waals surface area contributed by atoms with Crippen LogP contribution in [-0.4, -0.2) is 34.7 Å². The average molecular weight is 449 g/mol. The summed E-state index contributed by atoms with van der Waals surface area (Å²) < 4.78 is 45.6. The lowest BCUT2D eigenvalue weighted by Gasteiger charge is -2.13. The number of aromatic nitrogens is 2. The zero-order valence-corrected chi connectivity index (χ0v) is 17.0. The second-order valence-corrected chi connectivity index (χ2v) is 7.61. The van der Waals surface area contributed by atoms with Crippen LogP contribution < -0.4 is 10.9 Å². The van der Waals surface area contributed by atoms with Gasteiger partial charge >= 0.3 is 6.18 Å². The van der Waals surface area contributed by atoms with Crippen LogP contribution in [-0.2, 0) is 10.9 Å². The molecule has 1 amide bonds. The van der Waals surface area contributed by atoms with Crippen molar-refractivity contribution in [1.29, 1.82) is 0 Å². The number of benzene rings is 2. The molecule has 1 fully saturated rings. The summed E-state index contributed by atoms with van der Waals surface area (Å²) in [5.74, 6) is -0.321. The number of fused-ring (bicyclic) bond motifs is 1. The number of hydrogen-bond acceptors (Lipinski definition) is 4. The lowest BCUT2D eigenvalue weighted by atomic mass is 10.1. The molecule has 1 atom stereocenters. The van der Waals surface area contributed by atoms with Crippen molar-refractivity contribution in [2.75, 3.05) is 13.2 Å². The summed E-state index contributed by atoms with van der Waals surface area (Å²) >= 11 is 5.23. The van der Waals surface area contributed by atoms with Gasteiger partial charge in [-0.05, 0) is 61.5 Å².